The minimum atomic E-state index is -0.150. The van der Waals surface area contributed by atoms with E-state index in [-0.39, 0.29) is 4.75 Å². The molecule has 0 aliphatic heterocycles. The zero-order valence-corrected chi connectivity index (χ0v) is 19.0. The normalized spacial score (nSPS) is 14.1. The molecule has 0 radical (unpaired) electrons. The predicted molar refractivity (Wildman–Crippen MR) is 127 cm³/mol. The first-order valence-corrected chi connectivity index (χ1v) is 11.7. The second kappa shape index (κ2) is 7.61. The summed E-state index contributed by atoms with van der Waals surface area (Å²) in [6.07, 6.45) is 2.88. The molecule has 0 saturated heterocycles. The number of thiol groups is 1. The molecule has 0 aliphatic carbocycles. The number of anilines is 1. The number of rotatable bonds is 6. The van der Waals surface area contributed by atoms with Gasteiger partial charge in [0.15, 0.2) is 0 Å². The number of hydrogen-bond acceptors (Lipinski definition) is 5. The van der Waals surface area contributed by atoms with Gasteiger partial charge in [0.05, 0.1) is 28.4 Å². The SMILES string of the molecule is CC(C)c1ccc2ncn(CCC(C)(SS)c3ccc4nc(N)n(C)c4c3)c2c1. The highest BCUT2D eigenvalue weighted by atomic mass is 33.1. The van der Waals surface area contributed by atoms with Crippen LogP contribution in [0.1, 0.15) is 44.2 Å². The number of nitrogens with zero attached hydrogens (tertiary/aromatic N) is 4. The number of aryl methyl sites for hydroxylation is 2. The van der Waals surface area contributed by atoms with Crippen molar-refractivity contribution in [3.8, 4) is 0 Å². The molecule has 5 nitrogen and oxygen atoms in total. The van der Waals surface area contributed by atoms with E-state index >= 15 is 0 Å². The summed E-state index contributed by atoms with van der Waals surface area (Å²) in [6.45, 7) is 7.55. The number of imidazole rings is 2. The minimum Gasteiger partial charge on any atom is -0.369 e. The maximum Gasteiger partial charge on any atom is 0.200 e. The van der Waals surface area contributed by atoms with E-state index in [2.05, 4.69) is 77.3 Å². The Kier molecular flexibility index (Phi) is 5.29. The van der Waals surface area contributed by atoms with Crippen LogP contribution in [0.5, 0.6) is 0 Å². The standard InChI is InChI=1S/C22H27N5S2/c1-14(2)15-5-7-17-20(11-15)27(13-24-17)10-9-22(3,29-28)16-6-8-18-19(12-16)26(4)21(23)25-18/h5-8,11-14,28H,9-10H2,1-4H3,(H2,23,25). The molecular weight excluding hydrogens is 398 g/mol. The second-order valence-corrected chi connectivity index (χ2v) is 9.78. The molecule has 0 saturated carbocycles. The summed E-state index contributed by atoms with van der Waals surface area (Å²) in [5.41, 5.74) is 12.7. The number of fused-ring (bicyclic) bond motifs is 2. The zero-order chi connectivity index (χ0) is 20.8. The van der Waals surface area contributed by atoms with E-state index in [0.717, 1.165) is 29.5 Å². The van der Waals surface area contributed by atoms with Crippen molar-refractivity contribution >= 4 is 50.5 Å². The monoisotopic (exact) mass is 425 g/mol. The molecule has 2 aromatic heterocycles. The van der Waals surface area contributed by atoms with Crippen molar-refractivity contribution < 1.29 is 0 Å². The molecule has 4 aromatic rings. The molecule has 2 N–H and O–H groups in total. The molecule has 4 rings (SSSR count). The van der Waals surface area contributed by atoms with Crippen molar-refractivity contribution in [3.63, 3.8) is 0 Å². The number of hydrogen-bond donors (Lipinski definition) is 2. The van der Waals surface area contributed by atoms with Gasteiger partial charge in [-0.2, -0.15) is 0 Å². The molecule has 152 valence electrons. The third-order valence-electron chi connectivity index (χ3n) is 5.87. The van der Waals surface area contributed by atoms with Crippen LogP contribution in [0, 0.1) is 0 Å². The van der Waals surface area contributed by atoms with Gasteiger partial charge in [-0.1, -0.05) is 36.8 Å². The Morgan fingerprint density at radius 1 is 1.14 bits per heavy atom. The Labute approximate surface area is 180 Å². The Balaban J connectivity index is 1.64. The summed E-state index contributed by atoms with van der Waals surface area (Å²) >= 11 is 4.63. The smallest absolute Gasteiger partial charge is 0.200 e. The molecule has 2 aromatic carbocycles. The lowest BCUT2D eigenvalue weighted by molar-refractivity contribution is 0.550. The molecule has 0 amide bonds. The first-order valence-electron chi connectivity index (χ1n) is 9.82. The van der Waals surface area contributed by atoms with Crippen LogP contribution in [0.25, 0.3) is 22.1 Å². The fraction of sp³-hybridized carbons (Fsp3) is 0.364. The van der Waals surface area contributed by atoms with Crippen molar-refractivity contribution in [2.75, 3.05) is 5.73 Å². The predicted octanol–water partition coefficient (Wildman–Crippen LogP) is 5.51. The van der Waals surface area contributed by atoms with Gasteiger partial charge in [-0.05, 0) is 54.7 Å². The third kappa shape index (κ3) is 3.62. The Morgan fingerprint density at radius 2 is 1.90 bits per heavy atom. The lowest BCUT2D eigenvalue weighted by Crippen LogP contribution is -2.19. The largest absolute Gasteiger partial charge is 0.369 e. The zero-order valence-electron chi connectivity index (χ0n) is 17.3. The molecule has 0 bridgehead atoms. The first-order chi connectivity index (χ1) is 13.8. The summed E-state index contributed by atoms with van der Waals surface area (Å²) in [6, 6.07) is 12.9. The van der Waals surface area contributed by atoms with Crippen LogP contribution in [-0.2, 0) is 18.3 Å². The highest BCUT2D eigenvalue weighted by molar-refractivity contribution is 8.69. The molecule has 1 unspecified atom stereocenters. The Bertz CT molecular complexity index is 1180. The van der Waals surface area contributed by atoms with E-state index < -0.39 is 0 Å². The van der Waals surface area contributed by atoms with Crippen LogP contribution in [-0.4, -0.2) is 19.1 Å². The average molecular weight is 426 g/mol. The summed E-state index contributed by atoms with van der Waals surface area (Å²) in [5, 5.41) is 0. The summed E-state index contributed by atoms with van der Waals surface area (Å²) < 4.78 is 4.03. The van der Waals surface area contributed by atoms with Crippen LogP contribution in [0.3, 0.4) is 0 Å². The van der Waals surface area contributed by atoms with Crippen molar-refractivity contribution in [1.82, 2.24) is 19.1 Å². The van der Waals surface area contributed by atoms with Gasteiger partial charge < -0.3 is 14.9 Å². The molecule has 0 spiro atoms. The number of aromatic nitrogens is 4. The van der Waals surface area contributed by atoms with Gasteiger partial charge in [-0.3, -0.25) is 0 Å². The summed E-state index contributed by atoms with van der Waals surface area (Å²) in [7, 11) is 3.53. The van der Waals surface area contributed by atoms with E-state index in [1.807, 2.05) is 24.0 Å². The van der Waals surface area contributed by atoms with Crippen LogP contribution < -0.4 is 5.73 Å². The molecule has 1 atom stereocenters. The van der Waals surface area contributed by atoms with Gasteiger partial charge in [-0.25, -0.2) is 9.97 Å². The van der Waals surface area contributed by atoms with Gasteiger partial charge in [-0.15, -0.1) is 11.7 Å². The van der Waals surface area contributed by atoms with Gasteiger partial charge in [0.25, 0.3) is 0 Å². The first kappa shape index (κ1) is 20.2. The lowest BCUT2D eigenvalue weighted by Gasteiger charge is -2.28. The summed E-state index contributed by atoms with van der Waals surface area (Å²) in [5.74, 6) is 1.03. The topological polar surface area (TPSA) is 61.7 Å². The van der Waals surface area contributed by atoms with Crippen molar-refractivity contribution in [3.05, 3.63) is 53.9 Å². The van der Waals surface area contributed by atoms with E-state index in [9.17, 15) is 0 Å². The van der Waals surface area contributed by atoms with Gasteiger partial charge >= 0.3 is 0 Å². The van der Waals surface area contributed by atoms with Crippen molar-refractivity contribution in [2.24, 2.45) is 7.05 Å². The molecule has 0 fully saturated rings. The molecular formula is C22H27N5S2. The average Bonchev–Trinajstić information content (AvgIpc) is 3.26. The highest BCUT2D eigenvalue weighted by Crippen LogP contribution is 2.43. The van der Waals surface area contributed by atoms with E-state index in [0.29, 0.717) is 11.9 Å². The maximum absolute atomic E-state index is 5.97. The van der Waals surface area contributed by atoms with E-state index in [4.69, 9.17) is 5.73 Å². The fourth-order valence-electron chi connectivity index (χ4n) is 3.72. The van der Waals surface area contributed by atoms with Gasteiger partial charge in [0.1, 0.15) is 0 Å². The van der Waals surface area contributed by atoms with Crippen LogP contribution in [0.2, 0.25) is 0 Å². The number of nitrogen functional groups attached to an aromatic ring is 1. The Hall–Kier alpha value is -2.12. The molecule has 29 heavy (non-hydrogen) atoms. The number of nitrogens with two attached hydrogens (primary N) is 1. The highest BCUT2D eigenvalue weighted by Gasteiger charge is 2.27. The van der Waals surface area contributed by atoms with Crippen molar-refractivity contribution in [1.29, 1.82) is 0 Å². The second-order valence-electron chi connectivity index (χ2n) is 8.15. The lowest BCUT2D eigenvalue weighted by atomic mass is 9.96. The molecule has 2 heterocycles. The third-order valence-corrected chi connectivity index (χ3v) is 7.92. The molecule has 7 heteroatoms. The van der Waals surface area contributed by atoms with Crippen LogP contribution in [0.15, 0.2) is 42.7 Å². The van der Waals surface area contributed by atoms with Crippen LogP contribution in [0.4, 0.5) is 5.95 Å². The number of benzene rings is 2. The van der Waals surface area contributed by atoms with Crippen LogP contribution >= 0.6 is 22.5 Å². The fourth-order valence-corrected chi connectivity index (χ4v) is 4.73. The van der Waals surface area contributed by atoms with Crippen molar-refractivity contribution in [2.45, 2.75) is 44.4 Å². The minimum absolute atomic E-state index is 0.150. The van der Waals surface area contributed by atoms with E-state index in [1.54, 1.807) is 10.8 Å². The summed E-state index contributed by atoms with van der Waals surface area (Å²) in [4.78, 5) is 8.99. The Morgan fingerprint density at radius 3 is 2.62 bits per heavy atom. The van der Waals surface area contributed by atoms with Gasteiger partial charge in [0, 0.05) is 18.3 Å². The maximum atomic E-state index is 5.97. The quantitative estimate of drug-likeness (QED) is 0.316. The molecule has 0 aliphatic rings. The van der Waals surface area contributed by atoms with Gasteiger partial charge in [0.2, 0.25) is 5.95 Å². The van der Waals surface area contributed by atoms with E-state index in [1.165, 1.54) is 16.6 Å².